The van der Waals surface area contributed by atoms with Crippen LogP contribution in [0, 0.1) is 0 Å². The predicted octanol–water partition coefficient (Wildman–Crippen LogP) is 2.61. The summed E-state index contributed by atoms with van der Waals surface area (Å²) in [7, 11) is 1.65. The molecular formula is C13H18N2O2S2. The molecule has 1 atom stereocenters. The van der Waals surface area contributed by atoms with E-state index in [-0.39, 0.29) is 10.9 Å². The van der Waals surface area contributed by atoms with Crippen LogP contribution in [0.25, 0.3) is 0 Å². The van der Waals surface area contributed by atoms with Gasteiger partial charge in [-0.15, -0.1) is 0 Å². The SMILES string of the molecule is COc1ccccc1CN1C(=S)SC(C)(C)[C@@H]1NO. The van der Waals surface area contributed by atoms with Gasteiger partial charge in [-0.1, -0.05) is 42.2 Å². The summed E-state index contributed by atoms with van der Waals surface area (Å²) in [5.74, 6) is 0.830. The highest BCUT2D eigenvalue weighted by molar-refractivity contribution is 8.24. The Morgan fingerprint density at radius 1 is 1.47 bits per heavy atom. The van der Waals surface area contributed by atoms with Crippen molar-refractivity contribution in [3.05, 3.63) is 29.8 Å². The van der Waals surface area contributed by atoms with Gasteiger partial charge in [-0.2, -0.15) is 5.48 Å². The molecule has 4 nitrogen and oxygen atoms in total. The third kappa shape index (κ3) is 2.86. The van der Waals surface area contributed by atoms with Crippen molar-refractivity contribution in [2.24, 2.45) is 0 Å². The molecule has 0 spiro atoms. The Morgan fingerprint density at radius 2 is 2.16 bits per heavy atom. The van der Waals surface area contributed by atoms with Gasteiger partial charge in [0.15, 0.2) is 0 Å². The molecule has 104 valence electrons. The van der Waals surface area contributed by atoms with Crippen LogP contribution >= 0.6 is 24.0 Å². The molecule has 1 fully saturated rings. The van der Waals surface area contributed by atoms with Crippen LogP contribution in [0.1, 0.15) is 19.4 Å². The van der Waals surface area contributed by atoms with E-state index in [1.807, 2.05) is 29.2 Å². The molecule has 0 bridgehead atoms. The van der Waals surface area contributed by atoms with Gasteiger partial charge in [-0.3, -0.25) is 0 Å². The molecule has 2 N–H and O–H groups in total. The van der Waals surface area contributed by atoms with Crippen LogP contribution in [0.2, 0.25) is 0 Å². The normalized spacial score (nSPS) is 21.8. The van der Waals surface area contributed by atoms with Crippen LogP contribution in [0.4, 0.5) is 0 Å². The Morgan fingerprint density at radius 3 is 2.79 bits per heavy atom. The number of nitrogens with one attached hydrogen (secondary N) is 1. The average molecular weight is 298 g/mol. The van der Waals surface area contributed by atoms with Crippen LogP contribution < -0.4 is 10.2 Å². The maximum absolute atomic E-state index is 9.40. The molecule has 6 heteroatoms. The minimum Gasteiger partial charge on any atom is -0.496 e. The van der Waals surface area contributed by atoms with Crippen molar-refractivity contribution in [2.75, 3.05) is 7.11 Å². The highest BCUT2D eigenvalue weighted by Crippen LogP contribution is 2.41. The minimum atomic E-state index is -0.213. The number of hydroxylamine groups is 1. The van der Waals surface area contributed by atoms with E-state index in [0.29, 0.717) is 6.54 Å². The van der Waals surface area contributed by atoms with Crippen LogP contribution in [-0.4, -0.2) is 32.5 Å². The zero-order chi connectivity index (χ0) is 14.0. The van der Waals surface area contributed by atoms with Gasteiger partial charge < -0.3 is 14.8 Å². The first kappa shape index (κ1) is 14.6. The number of thiocarbonyl (C=S) groups is 1. The lowest BCUT2D eigenvalue weighted by molar-refractivity contribution is 0.0540. The second-order valence-electron chi connectivity index (χ2n) is 4.94. The molecule has 1 aliphatic rings. The number of hydrogen-bond donors (Lipinski definition) is 2. The number of methoxy groups -OCH3 is 1. The van der Waals surface area contributed by atoms with Crippen LogP contribution in [0.3, 0.4) is 0 Å². The summed E-state index contributed by atoms with van der Waals surface area (Å²) in [6.07, 6.45) is -0.213. The molecular weight excluding hydrogens is 280 g/mol. The second kappa shape index (κ2) is 5.66. The summed E-state index contributed by atoms with van der Waals surface area (Å²) in [4.78, 5) is 1.98. The van der Waals surface area contributed by atoms with Gasteiger partial charge in [0.05, 0.1) is 11.9 Å². The van der Waals surface area contributed by atoms with Crippen molar-refractivity contribution in [3.8, 4) is 5.75 Å². The third-order valence-corrected chi connectivity index (χ3v) is 4.85. The maximum atomic E-state index is 9.40. The number of nitrogens with zero attached hydrogens (tertiary/aromatic N) is 1. The summed E-state index contributed by atoms with van der Waals surface area (Å²) in [6.45, 7) is 4.72. The molecule has 2 rings (SSSR count). The van der Waals surface area contributed by atoms with E-state index in [0.717, 1.165) is 15.6 Å². The number of para-hydroxylation sites is 1. The average Bonchev–Trinajstić information content (AvgIpc) is 2.59. The summed E-state index contributed by atoms with van der Waals surface area (Å²) in [5.41, 5.74) is 3.42. The number of ether oxygens (including phenoxy) is 1. The van der Waals surface area contributed by atoms with Crippen molar-refractivity contribution in [2.45, 2.75) is 31.3 Å². The van der Waals surface area contributed by atoms with E-state index in [4.69, 9.17) is 17.0 Å². The standard InChI is InChI=1S/C13H18N2O2S2/c1-13(2)11(14-16)15(12(18)19-13)8-9-6-4-5-7-10(9)17-3/h4-7,11,14,16H,8H2,1-3H3/t11-/m1/s1. The van der Waals surface area contributed by atoms with E-state index < -0.39 is 0 Å². The highest BCUT2D eigenvalue weighted by Gasteiger charge is 2.44. The lowest BCUT2D eigenvalue weighted by Crippen LogP contribution is -2.49. The fraction of sp³-hybridized carbons (Fsp3) is 0.462. The van der Waals surface area contributed by atoms with Gasteiger partial charge in [0.2, 0.25) is 0 Å². The number of rotatable bonds is 4. The first-order valence-electron chi connectivity index (χ1n) is 6.00. The quantitative estimate of drug-likeness (QED) is 0.658. The molecule has 0 aliphatic carbocycles. The number of hydrogen-bond acceptors (Lipinski definition) is 5. The molecule has 19 heavy (non-hydrogen) atoms. The molecule has 1 heterocycles. The van der Waals surface area contributed by atoms with Crippen LogP contribution in [-0.2, 0) is 6.54 Å². The van der Waals surface area contributed by atoms with Gasteiger partial charge >= 0.3 is 0 Å². The Hall–Kier alpha value is -0.820. The third-order valence-electron chi connectivity index (χ3n) is 3.21. The summed E-state index contributed by atoms with van der Waals surface area (Å²) >= 11 is 7.00. The summed E-state index contributed by atoms with van der Waals surface area (Å²) < 4.78 is 5.96. The molecule has 0 radical (unpaired) electrons. The maximum Gasteiger partial charge on any atom is 0.138 e. The summed E-state index contributed by atoms with van der Waals surface area (Å²) in [6, 6.07) is 7.84. The lowest BCUT2D eigenvalue weighted by Gasteiger charge is -2.30. The zero-order valence-corrected chi connectivity index (χ0v) is 12.8. The molecule has 1 saturated heterocycles. The van der Waals surface area contributed by atoms with Gasteiger partial charge in [-0.25, -0.2) is 0 Å². The smallest absolute Gasteiger partial charge is 0.138 e. The minimum absolute atomic E-state index is 0.173. The van der Waals surface area contributed by atoms with Crippen molar-refractivity contribution in [1.82, 2.24) is 10.4 Å². The van der Waals surface area contributed by atoms with Crippen molar-refractivity contribution < 1.29 is 9.94 Å². The van der Waals surface area contributed by atoms with Crippen molar-refractivity contribution in [3.63, 3.8) is 0 Å². The van der Waals surface area contributed by atoms with Crippen molar-refractivity contribution in [1.29, 1.82) is 0 Å². The largest absolute Gasteiger partial charge is 0.496 e. The van der Waals surface area contributed by atoms with E-state index in [1.54, 1.807) is 18.9 Å². The Bertz CT molecular complexity index is 479. The monoisotopic (exact) mass is 298 g/mol. The predicted molar refractivity (Wildman–Crippen MR) is 81.5 cm³/mol. The number of benzene rings is 1. The van der Waals surface area contributed by atoms with Crippen molar-refractivity contribution >= 4 is 28.3 Å². The fourth-order valence-electron chi connectivity index (χ4n) is 2.22. The van der Waals surface area contributed by atoms with Gasteiger partial charge in [0, 0.05) is 12.1 Å². The second-order valence-corrected chi connectivity index (χ2v) is 7.23. The van der Waals surface area contributed by atoms with E-state index in [9.17, 15) is 5.21 Å². The van der Waals surface area contributed by atoms with E-state index in [2.05, 4.69) is 19.3 Å². The van der Waals surface area contributed by atoms with Gasteiger partial charge in [-0.05, 0) is 19.9 Å². The topological polar surface area (TPSA) is 44.7 Å². The molecule has 1 aromatic rings. The van der Waals surface area contributed by atoms with Gasteiger partial charge in [0.1, 0.15) is 16.2 Å². The summed E-state index contributed by atoms with van der Waals surface area (Å²) in [5, 5.41) is 9.40. The molecule has 0 amide bonds. The molecule has 0 unspecified atom stereocenters. The highest BCUT2D eigenvalue weighted by atomic mass is 32.2. The van der Waals surface area contributed by atoms with E-state index in [1.165, 1.54) is 0 Å². The van der Waals surface area contributed by atoms with Gasteiger partial charge in [0.25, 0.3) is 0 Å². The first-order valence-corrected chi connectivity index (χ1v) is 7.23. The molecule has 0 saturated carbocycles. The van der Waals surface area contributed by atoms with Crippen LogP contribution in [0.15, 0.2) is 24.3 Å². The lowest BCUT2D eigenvalue weighted by atomic mass is 10.1. The fourth-order valence-corrected chi connectivity index (χ4v) is 4.06. The Kier molecular flexibility index (Phi) is 4.35. The molecule has 0 aromatic heterocycles. The first-order chi connectivity index (χ1) is 8.99. The van der Waals surface area contributed by atoms with Crippen LogP contribution in [0.5, 0.6) is 5.75 Å². The molecule has 1 aromatic carbocycles. The zero-order valence-electron chi connectivity index (χ0n) is 11.2. The van der Waals surface area contributed by atoms with E-state index >= 15 is 0 Å². The Balaban J connectivity index is 2.25. The number of thioether (sulfide) groups is 1. The Labute approximate surface area is 123 Å². The molecule has 1 aliphatic heterocycles.